The summed E-state index contributed by atoms with van der Waals surface area (Å²) in [5.74, 6) is 0. The van der Waals surface area contributed by atoms with Gasteiger partial charge in [0.25, 0.3) is 0 Å². The fraction of sp³-hybridized carbons (Fsp3) is 0. The largest absolute Gasteiger partial charge is 0.309 e. The molecule has 0 saturated heterocycles. The summed E-state index contributed by atoms with van der Waals surface area (Å²) < 4.78 is 2.38. The Bertz CT molecular complexity index is 3510. The Labute approximate surface area is 328 Å². The van der Waals surface area contributed by atoms with Crippen LogP contribution in [0.5, 0.6) is 0 Å². The molecule has 57 heavy (non-hydrogen) atoms. The second-order valence-corrected chi connectivity index (χ2v) is 15.0. The number of fused-ring (bicyclic) bond motifs is 11. The highest BCUT2D eigenvalue weighted by atomic mass is 15.0. The van der Waals surface area contributed by atoms with E-state index in [4.69, 9.17) is 9.97 Å². The predicted octanol–water partition coefficient (Wildman–Crippen LogP) is 14.3. The lowest BCUT2D eigenvalue weighted by molar-refractivity contribution is 1.19. The molecule has 2 aromatic heterocycles. The SMILES string of the molecule is c1cc(-c2ccc3cc(-c4ccc5cc(-n6c7ccccc7c7ccccc76)ccc5c4)ccc3c2)cc(-c2cnc3c4ccccc4c4ccccc4c3n2)c1. The van der Waals surface area contributed by atoms with Crippen LogP contribution in [0.3, 0.4) is 0 Å². The minimum Gasteiger partial charge on any atom is -0.309 e. The van der Waals surface area contributed by atoms with Crippen LogP contribution in [0.15, 0.2) is 200 Å². The van der Waals surface area contributed by atoms with Gasteiger partial charge in [-0.05, 0) is 103 Å². The first-order valence-electron chi connectivity index (χ1n) is 19.5. The second-order valence-electron chi connectivity index (χ2n) is 15.0. The van der Waals surface area contributed by atoms with Crippen molar-refractivity contribution in [1.29, 1.82) is 0 Å². The molecule has 0 fully saturated rings. The van der Waals surface area contributed by atoms with Crippen LogP contribution in [0.1, 0.15) is 0 Å². The van der Waals surface area contributed by atoms with E-state index in [9.17, 15) is 0 Å². The fourth-order valence-corrected chi connectivity index (χ4v) is 8.98. The van der Waals surface area contributed by atoms with E-state index in [0.29, 0.717) is 0 Å². The molecular formula is C54H33N3. The monoisotopic (exact) mass is 723 g/mol. The molecule has 10 aromatic carbocycles. The van der Waals surface area contributed by atoms with Gasteiger partial charge in [0.15, 0.2) is 0 Å². The first-order valence-corrected chi connectivity index (χ1v) is 19.5. The predicted molar refractivity (Wildman–Crippen MR) is 240 cm³/mol. The number of rotatable bonds is 4. The summed E-state index contributed by atoms with van der Waals surface area (Å²) in [5, 5.41) is 12.1. The molecule has 0 radical (unpaired) electrons. The Kier molecular flexibility index (Phi) is 6.93. The molecular weight excluding hydrogens is 691 g/mol. The zero-order chi connectivity index (χ0) is 37.5. The molecule has 3 heteroatoms. The van der Waals surface area contributed by atoms with Crippen LogP contribution in [-0.4, -0.2) is 14.5 Å². The van der Waals surface area contributed by atoms with Crippen molar-refractivity contribution < 1.29 is 0 Å². The van der Waals surface area contributed by atoms with E-state index in [1.807, 2.05) is 6.20 Å². The number of hydrogen-bond donors (Lipinski definition) is 0. The lowest BCUT2D eigenvalue weighted by Gasteiger charge is -2.12. The van der Waals surface area contributed by atoms with Gasteiger partial charge in [0, 0.05) is 32.8 Å². The number of aromatic nitrogens is 3. The highest BCUT2D eigenvalue weighted by molar-refractivity contribution is 6.23. The molecule has 0 unspecified atom stereocenters. The number of hydrogen-bond acceptors (Lipinski definition) is 2. The van der Waals surface area contributed by atoms with Gasteiger partial charge >= 0.3 is 0 Å². The van der Waals surface area contributed by atoms with Gasteiger partial charge < -0.3 is 4.57 Å². The molecule has 0 N–H and O–H groups in total. The maximum atomic E-state index is 5.24. The average Bonchev–Trinajstić information content (AvgIpc) is 3.63. The zero-order valence-corrected chi connectivity index (χ0v) is 30.9. The van der Waals surface area contributed by atoms with E-state index >= 15 is 0 Å². The van der Waals surface area contributed by atoms with Crippen LogP contribution in [0.25, 0.3) is 115 Å². The van der Waals surface area contributed by atoms with Gasteiger partial charge in [0.2, 0.25) is 0 Å². The molecule has 0 bridgehead atoms. The van der Waals surface area contributed by atoms with Crippen LogP contribution in [0, 0.1) is 0 Å². The molecule has 0 saturated carbocycles. The van der Waals surface area contributed by atoms with Crippen molar-refractivity contribution >= 4 is 75.9 Å². The summed E-state index contributed by atoms with van der Waals surface area (Å²) in [7, 11) is 0. The van der Waals surface area contributed by atoms with E-state index in [1.165, 1.54) is 76.5 Å². The third-order valence-electron chi connectivity index (χ3n) is 11.8. The summed E-state index contributed by atoms with van der Waals surface area (Å²) in [6, 6.07) is 70.2. The van der Waals surface area contributed by atoms with Crippen LogP contribution in [0.4, 0.5) is 0 Å². The molecule has 12 rings (SSSR count). The first-order chi connectivity index (χ1) is 28.2. The summed E-state index contributed by atoms with van der Waals surface area (Å²) in [6.07, 6.45) is 1.92. The molecule has 12 aromatic rings. The van der Waals surface area contributed by atoms with E-state index in [2.05, 4.69) is 199 Å². The van der Waals surface area contributed by atoms with Gasteiger partial charge in [-0.15, -0.1) is 0 Å². The Hall–Kier alpha value is -7.62. The summed E-state index contributed by atoms with van der Waals surface area (Å²) in [5.41, 5.74) is 12.2. The van der Waals surface area contributed by atoms with Crippen molar-refractivity contribution in [2.75, 3.05) is 0 Å². The number of nitrogens with zero attached hydrogens (tertiary/aromatic N) is 3. The molecule has 264 valence electrons. The topological polar surface area (TPSA) is 30.7 Å². The van der Waals surface area contributed by atoms with Crippen molar-refractivity contribution in [2.45, 2.75) is 0 Å². The molecule has 3 nitrogen and oxygen atoms in total. The summed E-state index contributed by atoms with van der Waals surface area (Å²) >= 11 is 0. The molecule has 0 spiro atoms. The van der Waals surface area contributed by atoms with Crippen molar-refractivity contribution in [2.24, 2.45) is 0 Å². The Balaban J connectivity index is 0.868. The lowest BCUT2D eigenvalue weighted by atomic mass is 9.95. The summed E-state index contributed by atoms with van der Waals surface area (Å²) in [4.78, 5) is 10.2. The Morgan fingerprint density at radius 1 is 0.316 bits per heavy atom. The van der Waals surface area contributed by atoms with E-state index in [0.717, 1.165) is 38.6 Å². The maximum Gasteiger partial charge on any atom is 0.0979 e. The molecule has 0 aliphatic rings. The quantitative estimate of drug-likeness (QED) is 0.169. The fourth-order valence-electron chi connectivity index (χ4n) is 8.98. The van der Waals surface area contributed by atoms with Gasteiger partial charge in [0.1, 0.15) is 0 Å². The zero-order valence-electron chi connectivity index (χ0n) is 30.9. The highest BCUT2D eigenvalue weighted by Crippen LogP contribution is 2.37. The lowest BCUT2D eigenvalue weighted by Crippen LogP contribution is -1.93. The van der Waals surface area contributed by atoms with E-state index in [-0.39, 0.29) is 0 Å². The second kappa shape index (κ2) is 12.5. The average molecular weight is 724 g/mol. The number of benzene rings is 10. The van der Waals surface area contributed by atoms with Crippen molar-refractivity contribution in [3.8, 4) is 39.2 Å². The van der Waals surface area contributed by atoms with Gasteiger partial charge in [-0.1, -0.05) is 146 Å². The Morgan fingerprint density at radius 2 is 0.772 bits per heavy atom. The normalized spacial score (nSPS) is 11.9. The number of para-hydroxylation sites is 2. The van der Waals surface area contributed by atoms with Gasteiger partial charge in [-0.25, -0.2) is 4.98 Å². The van der Waals surface area contributed by atoms with Crippen molar-refractivity contribution in [3.63, 3.8) is 0 Å². The smallest absolute Gasteiger partial charge is 0.0979 e. The molecule has 0 aliphatic carbocycles. The first kappa shape index (κ1) is 31.7. The van der Waals surface area contributed by atoms with Crippen LogP contribution in [-0.2, 0) is 0 Å². The van der Waals surface area contributed by atoms with E-state index < -0.39 is 0 Å². The minimum absolute atomic E-state index is 0.869. The van der Waals surface area contributed by atoms with Gasteiger partial charge in [0.05, 0.1) is 34.0 Å². The van der Waals surface area contributed by atoms with Gasteiger partial charge in [-0.3, -0.25) is 4.98 Å². The van der Waals surface area contributed by atoms with Crippen molar-refractivity contribution in [1.82, 2.24) is 14.5 Å². The standard InChI is InChI=1S/C54H33N3/c1-3-16-48-44(12-1)45-13-2-4-17-49(45)54-53(48)55-33-50(56-54)42-11-9-10-34(31-42)35-20-21-37-29-38(23-22-36(37)28-35)39-24-25-41-32-43(27-26-40(41)30-39)57-51-18-7-5-14-46(51)47-15-6-8-19-52(47)57/h1-33H. The molecule has 0 amide bonds. The molecule has 0 aliphatic heterocycles. The molecule has 2 heterocycles. The third kappa shape index (κ3) is 5.06. The van der Waals surface area contributed by atoms with E-state index in [1.54, 1.807) is 0 Å². The van der Waals surface area contributed by atoms with Crippen LogP contribution in [0.2, 0.25) is 0 Å². The van der Waals surface area contributed by atoms with Crippen LogP contribution < -0.4 is 0 Å². The summed E-state index contributed by atoms with van der Waals surface area (Å²) in [6.45, 7) is 0. The van der Waals surface area contributed by atoms with Gasteiger partial charge in [-0.2, -0.15) is 0 Å². The Morgan fingerprint density at radius 3 is 1.37 bits per heavy atom. The highest BCUT2D eigenvalue weighted by Gasteiger charge is 2.14. The van der Waals surface area contributed by atoms with Crippen molar-refractivity contribution in [3.05, 3.63) is 200 Å². The van der Waals surface area contributed by atoms with Crippen LogP contribution >= 0.6 is 0 Å². The molecule has 0 atom stereocenters. The maximum absolute atomic E-state index is 5.24. The third-order valence-corrected chi connectivity index (χ3v) is 11.8. The minimum atomic E-state index is 0.869.